The molecule has 2 nitrogen and oxygen atoms in total. The second-order valence-electron chi connectivity index (χ2n) is 3.53. The van der Waals surface area contributed by atoms with Gasteiger partial charge < -0.3 is 10.2 Å². The SMILES string of the molecule is Cc1ccc(C(N)[C@H]2CCCS2)o1. The molecular formula is C10H15NOS. The monoisotopic (exact) mass is 197 g/mol. The van der Waals surface area contributed by atoms with Crippen LogP contribution in [0.1, 0.15) is 30.4 Å². The van der Waals surface area contributed by atoms with Crippen molar-refractivity contribution in [1.82, 2.24) is 0 Å². The molecule has 0 aliphatic carbocycles. The standard InChI is InChI=1S/C10H15NOS/c1-7-4-5-8(12-7)10(11)9-3-2-6-13-9/h4-5,9-10H,2-3,6,11H2,1H3/t9-,10?/m1/s1. The summed E-state index contributed by atoms with van der Waals surface area (Å²) in [7, 11) is 0. The number of nitrogens with two attached hydrogens (primary N) is 1. The molecule has 2 heterocycles. The van der Waals surface area contributed by atoms with Crippen LogP contribution in [0.15, 0.2) is 16.5 Å². The molecule has 0 radical (unpaired) electrons. The molecule has 0 spiro atoms. The number of hydrogen-bond donors (Lipinski definition) is 1. The van der Waals surface area contributed by atoms with Crippen LogP contribution in [0.2, 0.25) is 0 Å². The van der Waals surface area contributed by atoms with E-state index in [4.69, 9.17) is 10.2 Å². The summed E-state index contributed by atoms with van der Waals surface area (Å²) in [4.78, 5) is 0. The molecule has 1 fully saturated rings. The zero-order chi connectivity index (χ0) is 9.26. The zero-order valence-electron chi connectivity index (χ0n) is 7.82. The fourth-order valence-corrected chi connectivity index (χ4v) is 3.01. The van der Waals surface area contributed by atoms with E-state index in [2.05, 4.69) is 0 Å². The molecule has 1 unspecified atom stereocenters. The predicted octanol–water partition coefficient (Wildman–Crippen LogP) is 2.48. The molecule has 3 heteroatoms. The van der Waals surface area contributed by atoms with Crippen LogP contribution in [0.3, 0.4) is 0 Å². The molecule has 72 valence electrons. The lowest BCUT2D eigenvalue weighted by Crippen LogP contribution is -2.20. The first kappa shape index (κ1) is 9.16. The Hall–Kier alpha value is -0.410. The summed E-state index contributed by atoms with van der Waals surface area (Å²) in [6.45, 7) is 1.96. The van der Waals surface area contributed by atoms with Gasteiger partial charge in [0.15, 0.2) is 0 Å². The second-order valence-corrected chi connectivity index (χ2v) is 4.87. The highest BCUT2D eigenvalue weighted by Crippen LogP contribution is 2.34. The molecule has 1 aliphatic heterocycles. The van der Waals surface area contributed by atoms with E-state index < -0.39 is 0 Å². The maximum absolute atomic E-state index is 6.10. The van der Waals surface area contributed by atoms with Gasteiger partial charge in [-0.1, -0.05) is 0 Å². The Kier molecular flexibility index (Phi) is 2.65. The maximum Gasteiger partial charge on any atom is 0.121 e. The maximum atomic E-state index is 6.10. The lowest BCUT2D eigenvalue weighted by Gasteiger charge is -2.15. The molecular weight excluding hydrogens is 182 g/mol. The van der Waals surface area contributed by atoms with Gasteiger partial charge in [0.05, 0.1) is 6.04 Å². The van der Waals surface area contributed by atoms with Gasteiger partial charge >= 0.3 is 0 Å². The Morgan fingerprint density at radius 1 is 1.62 bits per heavy atom. The molecule has 0 bridgehead atoms. The smallest absolute Gasteiger partial charge is 0.121 e. The van der Waals surface area contributed by atoms with Crippen LogP contribution in [0.5, 0.6) is 0 Å². The molecule has 1 aromatic heterocycles. The van der Waals surface area contributed by atoms with Gasteiger partial charge in [-0.3, -0.25) is 0 Å². The van der Waals surface area contributed by atoms with E-state index in [0.29, 0.717) is 5.25 Å². The lowest BCUT2D eigenvalue weighted by atomic mass is 10.1. The molecule has 1 aliphatic rings. The number of thioether (sulfide) groups is 1. The third-order valence-corrected chi connectivity index (χ3v) is 3.94. The topological polar surface area (TPSA) is 39.2 Å². The van der Waals surface area contributed by atoms with E-state index in [0.717, 1.165) is 11.5 Å². The molecule has 0 aromatic carbocycles. The van der Waals surface area contributed by atoms with Crippen LogP contribution in [0.4, 0.5) is 0 Å². The highest BCUT2D eigenvalue weighted by atomic mass is 32.2. The third kappa shape index (κ3) is 1.92. The Labute approximate surface area is 82.9 Å². The van der Waals surface area contributed by atoms with Crippen LogP contribution < -0.4 is 5.73 Å². The van der Waals surface area contributed by atoms with Crippen molar-refractivity contribution in [2.75, 3.05) is 5.75 Å². The summed E-state index contributed by atoms with van der Waals surface area (Å²) < 4.78 is 5.52. The Balaban J connectivity index is 2.07. The predicted molar refractivity (Wildman–Crippen MR) is 55.9 cm³/mol. The minimum Gasteiger partial charge on any atom is -0.465 e. The van der Waals surface area contributed by atoms with Crippen molar-refractivity contribution >= 4 is 11.8 Å². The van der Waals surface area contributed by atoms with Crippen molar-refractivity contribution in [2.45, 2.75) is 31.1 Å². The van der Waals surface area contributed by atoms with Crippen molar-refractivity contribution in [3.63, 3.8) is 0 Å². The minimum absolute atomic E-state index is 0.0844. The molecule has 1 aromatic rings. The van der Waals surface area contributed by atoms with Gasteiger partial charge in [0.1, 0.15) is 11.5 Å². The highest BCUT2D eigenvalue weighted by molar-refractivity contribution is 8.00. The Bertz CT molecular complexity index is 278. The van der Waals surface area contributed by atoms with Gasteiger partial charge in [0, 0.05) is 5.25 Å². The highest BCUT2D eigenvalue weighted by Gasteiger charge is 2.25. The van der Waals surface area contributed by atoms with Crippen LogP contribution in [-0.4, -0.2) is 11.0 Å². The van der Waals surface area contributed by atoms with Crippen molar-refractivity contribution < 1.29 is 4.42 Å². The first-order valence-electron chi connectivity index (χ1n) is 4.71. The third-order valence-electron chi connectivity index (χ3n) is 2.46. The van der Waals surface area contributed by atoms with E-state index in [9.17, 15) is 0 Å². The van der Waals surface area contributed by atoms with Crippen molar-refractivity contribution in [1.29, 1.82) is 0 Å². The lowest BCUT2D eigenvalue weighted by molar-refractivity contribution is 0.437. The first-order valence-corrected chi connectivity index (χ1v) is 5.76. The number of rotatable bonds is 2. The molecule has 2 N–H and O–H groups in total. The average Bonchev–Trinajstić information content (AvgIpc) is 2.72. The molecule has 0 amide bonds. The number of hydrogen-bond acceptors (Lipinski definition) is 3. The average molecular weight is 197 g/mol. The molecule has 0 saturated carbocycles. The molecule has 2 atom stereocenters. The summed E-state index contributed by atoms with van der Waals surface area (Å²) in [5.74, 6) is 3.14. The Morgan fingerprint density at radius 2 is 2.46 bits per heavy atom. The van der Waals surface area contributed by atoms with Gasteiger partial charge in [-0.2, -0.15) is 11.8 Å². The van der Waals surface area contributed by atoms with Gasteiger partial charge in [-0.15, -0.1) is 0 Å². The zero-order valence-corrected chi connectivity index (χ0v) is 8.64. The van der Waals surface area contributed by atoms with E-state index in [-0.39, 0.29) is 6.04 Å². The molecule has 1 saturated heterocycles. The molecule has 13 heavy (non-hydrogen) atoms. The summed E-state index contributed by atoms with van der Waals surface area (Å²) >= 11 is 1.97. The summed E-state index contributed by atoms with van der Waals surface area (Å²) in [6, 6.07) is 4.06. The van der Waals surface area contributed by atoms with Crippen LogP contribution in [-0.2, 0) is 0 Å². The summed E-state index contributed by atoms with van der Waals surface area (Å²) in [6.07, 6.45) is 2.52. The largest absolute Gasteiger partial charge is 0.465 e. The first-order chi connectivity index (χ1) is 6.27. The minimum atomic E-state index is 0.0844. The van der Waals surface area contributed by atoms with Crippen molar-refractivity contribution in [3.8, 4) is 0 Å². The van der Waals surface area contributed by atoms with Crippen LogP contribution in [0.25, 0.3) is 0 Å². The second kappa shape index (κ2) is 3.76. The van der Waals surface area contributed by atoms with Crippen LogP contribution in [0, 0.1) is 6.92 Å². The molecule has 2 rings (SSSR count). The van der Waals surface area contributed by atoms with E-state index in [1.165, 1.54) is 18.6 Å². The van der Waals surface area contributed by atoms with Gasteiger partial charge in [0.2, 0.25) is 0 Å². The van der Waals surface area contributed by atoms with Crippen molar-refractivity contribution in [3.05, 3.63) is 23.7 Å². The van der Waals surface area contributed by atoms with E-state index in [1.807, 2.05) is 30.8 Å². The number of aryl methyl sites for hydroxylation is 1. The summed E-state index contributed by atoms with van der Waals surface area (Å²) in [5.41, 5.74) is 6.10. The van der Waals surface area contributed by atoms with E-state index in [1.54, 1.807) is 0 Å². The van der Waals surface area contributed by atoms with Crippen molar-refractivity contribution in [2.24, 2.45) is 5.73 Å². The quantitative estimate of drug-likeness (QED) is 0.791. The summed E-state index contributed by atoms with van der Waals surface area (Å²) in [5, 5.41) is 0.561. The normalized spacial score (nSPS) is 24.9. The number of furan rings is 1. The van der Waals surface area contributed by atoms with Gasteiger partial charge in [-0.25, -0.2) is 0 Å². The van der Waals surface area contributed by atoms with E-state index >= 15 is 0 Å². The van der Waals surface area contributed by atoms with Gasteiger partial charge in [0.25, 0.3) is 0 Å². The fraction of sp³-hybridized carbons (Fsp3) is 0.600. The fourth-order valence-electron chi connectivity index (χ4n) is 1.70. The Morgan fingerprint density at radius 3 is 3.00 bits per heavy atom. The van der Waals surface area contributed by atoms with Crippen LogP contribution >= 0.6 is 11.8 Å². The van der Waals surface area contributed by atoms with Gasteiger partial charge in [-0.05, 0) is 37.7 Å².